The number of nitrogens with zero attached hydrogens (tertiary/aromatic N) is 3. The zero-order valence-electron chi connectivity index (χ0n) is 11.5. The SMILES string of the molecule is N#CCC=Cc1cn([C@@H]2O[C@H](CO)C(O)C2O)c(=O)nc1N. The number of rotatable bonds is 4. The number of ether oxygens (including phenoxy) is 1. The minimum Gasteiger partial charge on any atom is -0.394 e. The van der Waals surface area contributed by atoms with Crippen molar-refractivity contribution in [1.29, 1.82) is 5.26 Å². The molecule has 9 heteroatoms. The smallest absolute Gasteiger partial charge is 0.351 e. The highest BCUT2D eigenvalue weighted by molar-refractivity contribution is 5.59. The van der Waals surface area contributed by atoms with Gasteiger partial charge in [0.1, 0.15) is 24.1 Å². The molecule has 22 heavy (non-hydrogen) atoms. The number of anilines is 1. The van der Waals surface area contributed by atoms with Crippen LogP contribution in [0, 0.1) is 11.3 Å². The lowest BCUT2D eigenvalue weighted by molar-refractivity contribution is -0.0549. The quantitative estimate of drug-likeness (QED) is 0.516. The van der Waals surface area contributed by atoms with Gasteiger partial charge in [-0.1, -0.05) is 12.2 Å². The fraction of sp³-hybridized carbons (Fsp3) is 0.462. The van der Waals surface area contributed by atoms with E-state index in [0.717, 1.165) is 4.57 Å². The van der Waals surface area contributed by atoms with Crippen molar-refractivity contribution in [2.75, 3.05) is 12.3 Å². The second-order valence-corrected chi connectivity index (χ2v) is 4.76. The maximum absolute atomic E-state index is 11.9. The summed E-state index contributed by atoms with van der Waals surface area (Å²) in [5.41, 5.74) is 5.24. The van der Waals surface area contributed by atoms with Crippen LogP contribution in [0.25, 0.3) is 6.08 Å². The zero-order chi connectivity index (χ0) is 16.3. The Morgan fingerprint density at radius 1 is 1.50 bits per heavy atom. The third-order valence-electron chi connectivity index (χ3n) is 3.31. The molecule has 0 radical (unpaired) electrons. The van der Waals surface area contributed by atoms with E-state index in [1.165, 1.54) is 12.3 Å². The summed E-state index contributed by atoms with van der Waals surface area (Å²) in [6.45, 7) is -0.499. The number of aliphatic hydroxyl groups is 3. The first kappa shape index (κ1) is 16.1. The molecule has 0 saturated carbocycles. The standard InChI is InChI=1S/C13H16N4O5/c14-4-2-1-3-7-5-17(13(21)16-11(7)15)12-10(20)9(19)8(6-18)22-12/h1,3,5,8-10,12,18-20H,2,6H2,(H2,15,16,21)/t8-,9?,10?,12-/m1/s1. The largest absolute Gasteiger partial charge is 0.394 e. The minimum atomic E-state index is -1.39. The summed E-state index contributed by atoms with van der Waals surface area (Å²) in [5.74, 6) is -0.0258. The second-order valence-electron chi connectivity index (χ2n) is 4.76. The van der Waals surface area contributed by atoms with E-state index in [0.29, 0.717) is 5.56 Å². The molecular formula is C13H16N4O5. The highest BCUT2D eigenvalue weighted by Crippen LogP contribution is 2.28. The van der Waals surface area contributed by atoms with E-state index in [1.54, 1.807) is 6.08 Å². The van der Waals surface area contributed by atoms with Crippen molar-refractivity contribution in [2.45, 2.75) is 31.0 Å². The molecule has 1 aromatic heterocycles. The maximum Gasteiger partial charge on any atom is 0.351 e. The molecule has 0 aromatic carbocycles. The molecule has 0 bridgehead atoms. The summed E-state index contributed by atoms with van der Waals surface area (Å²) < 4.78 is 6.27. The predicted molar refractivity (Wildman–Crippen MR) is 75.2 cm³/mol. The first-order valence-corrected chi connectivity index (χ1v) is 6.54. The molecule has 4 atom stereocenters. The second kappa shape index (κ2) is 6.67. The summed E-state index contributed by atoms with van der Waals surface area (Å²) in [5, 5.41) is 37.2. The van der Waals surface area contributed by atoms with Crippen LogP contribution in [0.15, 0.2) is 17.1 Å². The number of nitrogens with two attached hydrogens (primary N) is 1. The van der Waals surface area contributed by atoms with E-state index < -0.39 is 36.8 Å². The fourth-order valence-electron chi connectivity index (χ4n) is 2.16. The summed E-state index contributed by atoms with van der Waals surface area (Å²) in [6.07, 6.45) is -0.362. The van der Waals surface area contributed by atoms with Gasteiger partial charge in [-0.25, -0.2) is 4.79 Å². The van der Waals surface area contributed by atoms with Gasteiger partial charge in [0.15, 0.2) is 6.23 Å². The van der Waals surface area contributed by atoms with Crippen molar-refractivity contribution in [3.05, 3.63) is 28.3 Å². The lowest BCUT2D eigenvalue weighted by Gasteiger charge is -2.18. The van der Waals surface area contributed by atoms with Crippen LogP contribution in [0.1, 0.15) is 18.2 Å². The monoisotopic (exact) mass is 308 g/mol. The van der Waals surface area contributed by atoms with Gasteiger partial charge in [-0.3, -0.25) is 4.57 Å². The van der Waals surface area contributed by atoms with Crippen LogP contribution in [0.5, 0.6) is 0 Å². The first-order valence-electron chi connectivity index (χ1n) is 6.54. The fourth-order valence-corrected chi connectivity index (χ4v) is 2.16. The Hall–Kier alpha value is -2.25. The molecule has 0 aliphatic carbocycles. The molecule has 2 heterocycles. The van der Waals surface area contributed by atoms with Gasteiger partial charge in [-0.15, -0.1) is 0 Å². The van der Waals surface area contributed by atoms with E-state index in [9.17, 15) is 15.0 Å². The van der Waals surface area contributed by atoms with Gasteiger partial charge >= 0.3 is 5.69 Å². The average Bonchev–Trinajstić information content (AvgIpc) is 2.77. The number of hydrogen-bond acceptors (Lipinski definition) is 8. The van der Waals surface area contributed by atoms with Crippen LogP contribution in [0.4, 0.5) is 5.82 Å². The molecule has 118 valence electrons. The van der Waals surface area contributed by atoms with Crippen LogP contribution in [0.2, 0.25) is 0 Å². The van der Waals surface area contributed by atoms with Crippen LogP contribution >= 0.6 is 0 Å². The molecule has 0 amide bonds. The molecule has 1 saturated heterocycles. The van der Waals surface area contributed by atoms with E-state index in [4.69, 9.17) is 20.8 Å². The molecule has 0 spiro atoms. The van der Waals surface area contributed by atoms with Gasteiger partial charge in [0.2, 0.25) is 0 Å². The van der Waals surface area contributed by atoms with Crippen molar-refractivity contribution >= 4 is 11.9 Å². The van der Waals surface area contributed by atoms with Crippen LogP contribution < -0.4 is 11.4 Å². The number of nitriles is 1. The summed E-state index contributed by atoms with van der Waals surface area (Å²) >= 11 is 0. The molecule has 1 aliphatic heterocycles. The maximum atomic E-state index is 11.9. The van der Waals surface area contributed by atoms with E-state index in [-0.39, 0.29) is 12.2 Å². The third kappa shape index (κ3) is 3.00. The first-order chi connectivity index (χ1) is 10.5. The zero-order valence-corrected chi connectivity index (χ0v) is 11.5. The van der Waals surface area contributed by atoms with Crippen molar-refractivity contribution in [3.8, 4) is 6.07 Å². The number of aromatic nitrogens is 2. The Morgan fingerprint density at radius 2 is 2.23 bits per heavy atom. The molecule has 2 rings (SSSR count). The average molecular weight is 308 g/mol. The van der Waals surface area contributed by atoms with Crippen molar-refractivity contribution in [2.24, 2.45) is 0 Å². The number of hydrogen-bond donors (Lipinski definition) is 4. The minimum absolute atomic E-state index is 0.0258. The molecule has 9 nitrogen and oxygen atoms in total. The van der Waals surface area contributed by atoms with Gasteiger partial charge < -0.3 is 25.8 Å². The highest BCUT2D eigenvalue weighted by atomic mass is 16.6. The van der Waals surface area contributed by atoms with Crippen molar-refractivity contribution < 1.29 is 20.1 Å². The number of nitrogen functional groups attached to an aromatic ring is 1. The number of aliphatic hydroxyl groups excluding tert-OH is 3. The van der Waals surface area contributed by atoms with Gasteiger partial charge in [0.25, 0.3) is 0 Å². The molecule has 1 aromatic rings. The van der Waals surface area contributed by atoms with Gasteiger partial charge in [-0.05, 0) is 0 Å². The van der Waals surface area contributed by atoms with E-state index >= 15 is 0 Å². The lowest BCUT2D eigenvalue weighted by atomic mass is 10.1. The van der Waals surface area contributed by atoms with Gasteiger partial charge in [0, 0.05) is 11.8 Å². The van der Waals surface area contributed by atoms with Crippen molar-refractivity contribution in [1.82, 2.24) is 9.55 Å². The Morgan fingerprint density at radius 3 is 2.82 bits per heavy atom. The molecule has 2 unspecified atom stereocenters. The van der Waals surface area contributed by atoms with Gasteiger partial charge in [0.05, 0.1) is 19.1 Å². The normalized spacial score (nSPS) is 28.1. The van der Waals surface area contributed by atoms with Gasteiger partial charge in [-0.2, -0.15) is 10.2 Å². The van der Waals surface area contributed by atoms with E-state index in [2.05, 4.69) is 4.98 Å². The third-order valence-corrected chi connectivity index (χ3v) is 3.31. The van der Waals surface area contributed by atoms with Crippen LogP contribution in [-0.2, 0) is 4.74 Å². The summed E-state index contributed by atoms with van der Waals surface area (Å²) in [4.78, 5) is 15.5. The Labute approximate surface area is 125 Å². The van der Waals surface area contributed by atoms with Crippen molar-refractivity contribution in [3.63, 3.8) is 0 Å². The molecule has 1 aliphatic rings. The molecule has 5 N–H and O–H groups in total. The summed E-state index contributed by atoms with van der Waals surface area (Å²) in [7, 11) is 0. The Bertz CT molecular complexity index is 665. The molecular weight excluding hydrogens is 292 g/mol. The summed E-state index contributed by atoms with van der Waals surface area (Å²) in [6, 6.07) is 1.92. The predicted octanol–water partition coefficient (Wildman–Crippen LogP) is -1.64. The van der Waals surface area contributed by atoms with Crippen LogP contribution in [-0.4, -0.2) is 49.8 Å². The Balaban J connectivity index is 2.37. The Kier molecular flexibility index (Phi) is 4.89. The topological polar surface area (TPSA) is 155 Å². The number of allylic oxidation sites excluding steroid dienone is 1. The molecule has 1 fully saturated rings. The van der Waals surface area contributed by atoms with E-state index in [1.807, 2.05) is 6.07 Å². The van der Waals surface area contributed by atoms with Crippen LogP contribution in [0.3, 0.4) is 0 Å². The highest BCUT2D eigenvalue weighted by Gasteiger charge is 2.43. The lowest BCUT2D eigenvalue weighted by Crippen LogP contribution is -2.36.